The number of hydrazone groups is 1. The number of aliphatic carboxylic acids is 1. The zero-order valence-electron chi connectivity index (χ0n) is 12.9. The lowest BCUT2D eigenvalue weighted by Crippen LogP contribution is -2.46. The molecule has 5 N–H and O–H groups in total. The summed E-state index contributed by atoms with van der Waals surface area (Å²) in [5.74, 6) is 3.88. The van der Waals surface area contributed by atoms with E-state index < -0.39 is 18.0 Å². The van der Waals surface area contributed by atoms with Crippen molar-refractivity contribution >= 4 is 29.8 Å². The molecule has 1 heterocycles. The van der Waals surface area contributed by atoms with Crippen LogP contribution in [0.5, 0.6) is 0 Å². The molecule has 0 spiro atoms. The molecular weight excluding hydrogens is 314 g/mol. The topological polar surface area (TPSA) is 137 Å². The van der Waals surface area contributed by atoms with Crippen LogP contribution in [0.2, 0.25) is 0 Å². The van der Waals surface area contributed by atoms with Crippen molar-refractivity contribution in [1.82, 2.24) is 10.6 Å². The van der Waals surface area contributed by atoms with Crippen molar-refractivity contribution in [1.29, 1.82) is 0 Å². The van der Waals surface area contributed by atoms with Crippen LogP contribution < -0.4 is 21.4 Å². The highest BCUT2D eigenvalue weighted by atomic mass is 16.4. The Morgan fingerprint density at radius 3 is 2.71 bits per heavy atom. The summed E-state index contributed by atoms with van der Waals surface area (Å²) in [6.07, 6.45) is 1.81. The van der Waals surface area contributed by atoms with Gasteiger partial charge in [-0.3, -0.25) is 9.59 Å². The minimum absolute atomic E-state index is 0.00987. The molecule has 9 nitrogen and oxygen atoms in total. The Morgan fingerprint density at radius 1 is 1.38 bits per heavy atom. The molecule has 0 saturated carbocycles. The van der Waals surface area contributed by atoms with Crippen molar-refractivity contribution in [3.63, 3.8) is 0 Å². The predicted octanol–water partition coefficient (Wildman–Crippen LogP) is -0.142. The molecule has 1 aromatic rings. The number of carbonyl (C=O) groups is 3. The third kappa shape index (κ3) is 4.45. The smallest absolute Gasteiger partial charge is 0.315 e. The van der Waals surface area contributed by atoms with Gasteiger partial charge in [-0.1, -0.05) is 12.1 Å². The molecular formula is C15H19N5O4. The van der Waals surface area contributed by atoms with Gasteiger partial charge in [0.05, 0.1) is 12.6 Å². The van der Waals surface area contributed by atoms with E-state index in [4.69, 9.17) is 10.9 Å². The quantitative estimate of drug-likeness (QED) is 0.326. The first kappa shape index (κ1) is 17.3. The van der Waals surface area contributed by atoms with Crippen molar-refractivity contribution in [3.05, 3.63) is 29.8 Å². The van der Waals surface area contributed by atoms with Crippen LogP contribution in [-0.2, 0) is 9.59 Å². The second-order valence-electron chi connectivity index (χ2n) is 5.24. The van der Waals surface area contributed by atoms with Gasteiger partial charge < -0.3 is 26.5 Å². The predicted molar refractivity (Wildman–Crippen MR) is 87.8 cm³/mol. The molecule has 128 valence electrons. The third-order valence-corrected chi connectivity index (χ3v) is 3.56. The number of anilines is 1. The maximum absolute atomic E-state index is 12.4. The molecule has 1 atom stereocenters. The minimum atomic E-state index is -0.999. The van der Waals surface area contributed by atoms with Crippen molar-refractivity contribution in [2.75, 3.05) is 18.0 Å². The van der Waals surface area contributed by atoms with Gasteiger partial charge in [-0.15, -0.1) is 0 Å². The molecule has 0 aliphatic carbocycles. The van der Waals surface area contributed by atoms with E-state index in [2.05, 4.69) is 15.7 Å². The number of carbonyl (C=O) groups excluding carboxylic acids is 2. The van der Waals surface area contributed by atoms with Gasteiger partial charge in [-0.2, -0.15) is 5.10 Å². The summed E-state index contributed by atoms with van der Waals surface area (Å²) < 4.78 is 0. The van der Waals surface area contributed by atoms with E-state index in [-0.39, 0.29) is 18.9 Å². The number of rotatable bonds is 6. The fourth-order valence-electron chi connectivity index (χ4n) is 2.39. The van der Waals surface area contributed by atoms with Crippen LogP contribution >= 0.6 is 0 Å². The molecule has 1 saturated heterocycles. The van der Waals surface area contributed by atoms with E-state index in [1.165, 1.54) is 6.21 Å². The van der Waals surface area contributed by atoms with Gasteiger partial charge in [0.2, 0.25) is 5.91 Å². The Morgan fingerprint density at radius 2 is 2.08 bits per heavy atom. The molecule has 1 aliphatic rings. The standard InChI is InChI=1S/C15H19N5O4/c16-18-9-10-1-3-11(4-2-10)20-8-6-12(14(20)23)19-15(24)17-7-5-13(21)22/h1-4,9,12H,5-8,16H2,(H,21,22)(H2,17,19,24)/t12-/m0/s1. The second-order valence-corrected chi connectivity index (χ2v) is 5.24. The zero-order valence-corrected chi connectivity index (χ0v) is 12.9. The van der Waals surface area contributed by atoms with Crippen LogP contribution in [0.15, 0.2) is 29.4 Å². The first-order chi connectivity index (χ1) is 11.5. The monoisotopic (exact) mass is 333 g/mol. The highest BCUT2D eigenvalue weighted by molar-refractivity contribution is 6.01. The molecule has 1 fully saturated rings. The number of hydrogen-bond donors (Lipinski definition) is 4. The number of amides is 3. The van der Waals surface area contributed by atoms with Gasteiger partial charge in [0.1, 0.15) is 6.04 Å². The Labute approximate surface area is 138 Å². The molecule has 0 aromatic heterocycles. The summed E-state index contributed by atoms with van der Waals surface area (Å²) in [4.78, 5) is 36.0. The van der Waals surface area contributed by atoms with Crippen molar-refractivity contribution in [2.24, 2.45) is 10.9 Å². The van der Waals surface area contributed by atoms with Crippen LogP contribution in [0.3, 0.4) is 0 Å². The van der Waals surface area contributed by atoms with Gasteiger partial charge in [0.25, 0.3) is 0 Å². The van der Waals surface area contributed by atoms with E-state index in [0.29, 0.717) is 13.0 Å². The number of nitrogens with zero attached hydrogens (tertiary/aromatic N) is 2. The molecule has 0 bridgehead atoms. The van der Waals surface area contributed by atoms with Gasteiger partial charge in [-0.05, 0) is 24.1 Å². The van der Waals surface area contributed by atoms with E-state index in [9.17, 15) is 14.4 Å². The van der Waals surface area contributed by atoms with Gasteiger partial charge in [0, 0.05) is 18.8 Å². The number of nitrogens with two attached hydrogens (primary N) is 1. The Kier molecular flexibility index (Phi) is 5.72. The van der Waals surface area contributed by atoms with E-state index in [1.807, 2.05) is 0 Å². The fraction of sp³-hybridized carbons (Fsp3) is 0.333. The van der Waals surface area contributed by atoms with Gasteiger partial charge in [-0.25, -0.2) is 4.79 Å². The Balaban J connectivity index is 1.89. The highest BCUT2D eigenvalue weighted by Gasteiger charge is 2.33. The summed E-state index contributed by atoms with van der Waals surface area (Å²) >= 11 is 0. The number of hydrogen-bond acceptors (Lipinski definition) is 5. The second kappa shape index (κ2) is 7.95. The SMILES string of the molecule is NN=Cc1ccc(N2CC[C@H](NC(=O)NCCC(=O)O)C2=O)cc1. The first-order valence-corrected chi connectivity index (χ1v) is 7.42. The normalized spacial score (nSPS) is 17.2. The van der Waals surface area contributed by atoms with Crippen LogP contribution in [-0.4, -0.2) is 48.4 Å². The molecule has 1 aromatic carbocycles. The maximum atomic E-state index is 12.4. The summed E-state index contributed by atoms with van der Waals surface area (Å²) in [5, 5.41) is 16.9. The maximum Gasteiger partial charge on any atom is 0.315 e. The van der Waals surface area contributed by atoms with Gasteiger partial charge in [0.15, 0.2) is 0 Å². The third-order valence-electron chi connectivity index (χ3n) is 3.56. The fourth-order valence-corrected chi connectivity index (χ4v) is 2.39. The lowest BCUT2D eigenvalue weighted by molar-refractivity contribution is -0.136. The van der Waals surface area contributed by atoms with Gasteiger partial charge >= 0.3 is 12.0 Å². The van der Waals surface area contributed by atoms with Crippen molar-refractivity contribution in [3.8, 4) is 0 Å². The Bertz CT molecular complexity index is 644. The zero-order chi connectivity index (χ0) is 17.5. The van der Waals surface area contributed by atoms with Crippen LogP contribution in [0.1, 0.15) is 18.4 Å². The summed E-state index contributed by atoms with van der Waals surface area (Å²) in [7, 11) is 0. The number of urea groups is 1. The number of nitrogens with one attached hydrogen (secondary N) is 2. The molecule has 0 unspecified atom stereocenters. The molecule has 1 aliphatic heterocycles. The highest BCUT2D eigenvalue weighted by Crippen LogP contribution is 2.21. The number of carboxylic acid groups (broad SMARTS) is 1. The summed E-state index contributed by atoms with van der Waals surface area (Å²) in [6, 6.07) is 5.97. The lowest BCUT2D eigenvalue weighted by Gasteiger charge is -2.17. The first-order valence-electron chi connectivity index (χ1n) is 7.42. The number of benzene rings is 1. The average molecular weight is 333 g/mol. The summed E-state index contributed by atoms with van der Waals surface area (Å²) in [6.45, 7) is 0.499. The molecule has 3 amide bonds. The van der Waals surface area contributed by atoms with E-state index in [0.717, 1.165) is 11.3 Å². The van der Waals surface area contributed by atoms with E-state index >= 15 is 0 Å². The van der Waals surface area contributed by atoms with E-state index in [1.54, 1.807) is 29.2 Å². The largest absolute Gasteiger partial charge is 0.481 e. The Hall–Kier alpha value is -3.10. The molecule has 9 heteroatoms. The molecule has 2 rings (SSSR count). The van der Waals surface area contributed by atoms with Crippen LogP contribution in [0.25, 0.3) is 0 Å². The number of carboxylic acids is 1. The lowest BCUT2D eigenvalue weighted by atomic mass is 10.2. The van der Waals surface area contributed by atoms with Crippen LogP contribution in [0, 0.1) is 0 Å². The van der Waals surface area contributed by atoms with Crippen molar-refractivity contribution in [2.45, 2.75) is 18.9 Å². The molecule has 24 heavy (non-hydrogen) atoms. The van der Waals surface area contributed by atoms with Crippen LogP contribution in [0.4, 0.5) is 10.5 Å². The minimum Gasteiger partial charge on any atom is -0.481 e. The average Bonchev–Trinajstić information content (AvgIpc) is 2.89. The summed E-state index contributed by atoms with van der Waals surface area (Å²) in [5.41, 5.74) is 1.55. The van der Waals surface area contributed by atoms with Crippen molar-refractivity contribution < 1.29 is 19.5 Å². The molecule has 0 radical (unpaired) electrons.